The Hall–Kier alpha value is -6.06. The van der Waals surface area contributed by atoms with Gasteiger partial charge < -0.3 is 43.0 Å². The zero-order valence-electron chi connectivity index (χ0n) is 37.7. The number of rotatable bonds is 19. The van der Waals surface area contributed by atoms with Crippen LogP contribution in [0.4, 0.5) is 0 Å². The second kappa shape index (κ2) is 23.3. The smallest absolute Gasteiger partial charge is 0.338 e. The molecule has 3 aliphatic heterocycles. The molecule has 0 aliphatic carbocycles. The van der Waals surface area contributed by atoms with Gasteiger partial charge in [0.2, 0.25) is 0 Å². The summed E-state index contributed by atoms with van der Waals surface area (Å²) in [4.78, 5) is 30.0. The van der Waals surface area contributed by atoms with Gasteiger partial charge in [-0.05, 0) is 52.9 Å². The number of nitrogens with zero attached hydrogens (tertiary/aromatic N) is 1. The predicted octanol–water partition coefficient (Wildman–Crippen LogP) is 7.97. The van der Waals surface area contributed by atoms with Crippen LogP contribution in [0.25, 0.3) is 0 Å². The van der Waals surface area contributed by atoms with Crippen LogP contribution >= 0.6 is 0 Å². The molecule has 6 aromatic rings. The summed E-state index contributed by atoms with van der Waals surface area (Å²) in [5, 5.41) is 11.8. The minimum absolute atomic E-state index is 0.0807. The van der Waals surface area contributed by atoms with Gasteiger partial charge in [-0.1, -0.05) is 158 Å². The van der Waals surface area contributed by atoms with Crippen LogP contribution in [0, 0.1) is 0 Å². The summed E-state index contributed by atoms with van der Waals surface area (Å²) in [5.74, 6) is -1.23. The van der Waals surface area contributed by atoms with Crippen molar-refractivity contribution in [3.05, 3.63) is 215 Å². The molecule has 0 aromatic heterocycles. The highest BCUT2D eigenvalue weighted by Gasteiger charge is 2.57. The lowest BCUT2D eigenvalue weighted by atomic mass is 9.91. The lowest BCUT2D eigenvalue weighted by molar-refractivity contribution is -0.348. The SMILES string of the molecule is O=C(O[C@H]1[C@H](O[C@@H]2O[C@H](COCc3ccccc3)[C@@H](OCc3ccccc3)[C@H](OCc3ccccc3)[C@H]2OCc2ccccc2)[C@H]2[C@@H](O)CCN2C[C@@H]1OC(=O)c1ccccc1)c1ccccc1. The van der Waals surface area contributed by atoms with E-state index in [9.17, 15) is 14.7 Å². The lowest BCUT2D eigenvalue weighted by Crippen LogP contribution is -2.68. The number of fused-ring (bicyclic) bond motifs is 1. The maximum absolute atomic E-state index is 14.1. The van der Waals surface area contributed by atoms with Crippen LogP contribution in [-0.2, 0) is 64.3 Å². The van der Waals surface area contributed by atoms with Crippen molar-refractivity contribution in [1.82, 2.24) is 4.90 Å². The second-order valence-corrected chi connectivity index (χ2v) is 17.3. The third kappa shape index (κ3) is 12.0. The first-order valence-electron chi connectivity index (χ1n) is 23.3. The number of ether oxygens (including phenoxy) is 8. The predicted molar refractivity (Wildman–Crippen MR) is 252 cm³/mol. The minimum Gasteiger partial charge on any atom is -0.453 e. The third-order valence-electron chi connectivity index (χ3n) is 12.6. The van der Waals surface area contributed by atoms with E-state index in [1.54, 1.807) is 48.5 Å². The quantitative estimate of drug-likeness (QED) is 0.0791. The molecule has 3 heterocycles. The molecule has 1 N–H and O–H groups in total. The highest BCUT2D eigenvalue weighted by molar-refractivity contribution is 5.90. The Balaban J connectivity index is 1.11. The molecule has 3 fully saturated rings. The van der Waals surface area contributed by atoms with Crippen molar-refractivity contribution >= 4 is 11.9 Å². The van der Waals surface area contributed by atoms with Crippen LogP contribution in [0.5, 0.6) is 0 Å². The zero-order valence-corrected chi connectivity index (χ0v) is 37.7. The van der Waals surface area contributed by atoms with Gasteiger partial charge in [0.05, 0.1) is 56.3 Å². The number of carbonyl (C=O) groups is 2. The normalized spacial score (nSPS) is 25.8. The Morgan fingerprint density at radius 1 is 0.515 bits per heavy atom. The number of hydrogen-bond donors (Lipinski definition) is 1. The second-order valence-electron chi connectivity index (χ2n) is 17.3. The summed E-state index contributed by atoms with van der Waals surface area (Å²) in [7, 11) is 0. The number of aliphatic hydroxyl groups is 1. The van der Waals surface area contributed by atoms with Gasteiger partial charge in [0.1, 0.15) is 30.5 Å². The van der Waals surface area contributed by atoms with Gasteiger partial charge in [-0.25, -0.2) is 9.59 Å². The Kier molecular flexibility index (Phi) is 16.1. The highest BCUT2D eigenvalue weighted by atomic mass is 16.7. The van der Waals surface area contributed by atoms with Gasteiger partial charge >= 0.3 is 11.9 Å². The molecule has 9 rings (SSSR count). The van der Waals surface area contributed by atoms with Crippen LogP contribution in [0.3, 0.4) is 0 Å². The largest absolute Gasteiger partial charge is 0.453 e. The van der Waals surface area contributed by atoms with Crippen molar-refractivity contribution in [2.45, 2.75) is 94.0 Å². The first kappa shape index (κ1) is 47.0. The summed E-state index contributed by atoms with van der Waals surface area (Å²) >= 11 is 0. The summed E-state index contributed by atoms with van der Waals surface area (Å²) in [6.07, 6.45) is -8.31. The summed E-state index contributed by atoms with van der Waals surface area (Å²) < 4.78 is 54.3. The molecule has 0 radical (unpaired) electrons. The molecule has 3 aliphatic rings. The van der Waals surface area contributed by atoms with E-state index in [4.69, 9.17) is 37.9 Å². The van der Waals surface area contributed by atoms with Crippen molar-refractivity contribution in [2.75, 3.05) is 19.7 Å². The van der Waals surface area contributed by atoms with Crippen LogP contribution < -0.4 is 0 Å². The molecule has 68 heavy (non-hydrogen) atoms. The Labute approximate surface area is 397 Å². The lowest BCUT2D eigenvalue weighted by Gasteiger charge is -2.50. The van der Waals surface area contributed by atoms with Crippen molar-refractivity contribution in [1.29, 1.82) is 0 Å². The number of carbonyl (C=O) groups excluding carboxylic acids is 2. The van der Waals surface area contributed by atoms with Gasteiger partial charge in [-0.3, -0.25) is 4.90 Å². The summed E-state index contributed by atoms with van der Waals surface area (Å²) in [5.41, 5.74) is 4.41. The molecule has 10 atom stereocenters. The molecule has 12 nitrogen and oxygen atoms in total. The summed E-state index contributed by atoms with van der Waals surface area (Å²) in [6.45, 7) is 1.66. The monoisotopic (exact) mass is 919 g/mol. The Morgan fingerprint density at radius 3 is 1.47 bits per heavy atom. The van der Waals surface area contributed by atoms with Crippen molar-refractivity contribution in [3.63, 3.8) is 0 Å². The fourth-order valence-electron chi connectivity index (χ4n) is 9.20. The molecule has 6 aromatic carbocycles. The van der Waals surface area contributed by atoms with Crippen LogP contribution in [0.1, 0.15) is 49.4 Å². The number of piperidine rings is 1. The first-order chi connectivity index (χ1) is 33.5. The van der Waals surface area contributed by atoms with Gasteiger partial charge in [0.25, 0.3) is 0 Å². The zero-order chi connectivity index (χ0) is 46.5. The molecule has 12 heteroatoms. The first-order valence-corrected chi connectivity index (χ1v) is 23.3. The van der Waals surface area contributed by atoms with Crippen LogP contribution in [0.2, 0.25) is 0 Å². The molecule has 0 saturated carbocycles. The van der Waals surface area contributed by atoms with E-state index in [0.29, 0.717) is 30.7 Å². The molecule has 0 bridgehead atoms. The highest BCUT2D eigenvalue weighted by Crippen LogP contribution is 2.38. The number of benzene rings is 6. The van der Waals surface area contributed by atoms with E-state index < -0.39 is 73.1 Å². The Morgan fingerprint density at radius 2 is 0.956 bits per heavy atom. The average molecular weight is 920 g/mol. The minimum atomic E-state index is -1.22. The van der Waals surface area contributed by atoms with Gasteiger partial charge in [-0.2, -0.15) is 0 Å². The van der Waals surface area contributed by atoms with E-state index in [-0.39, 0.29) is 33.0 Å². The molecule has 0 amide bonds. The van der Waals surface area contributed by atoms with E-state index in [2.05, 4.69) is 0 Å². The number of aliphatic hydroxyl groups excluding tert-OH is 1. The van der Waals surface area contributed by atoms with Gasteiger partial charge in [-0.15, -0.1) is 0 Å². The molecule has 3 saturated heterocycles. The standard InChI is InChI=1S/C56H57NO11/c58-45-31-32-57-33-46(65-54(59)43-27-15-5-16-28-43)50(67-55(60)44-29-17-6-18-30-44)51(48(45)57)68-56-53(64-37-42-25-13-4-14-26-42)52(63-36-41-23-11-3-12-24-41)49(62-35-40-21-9-2-10-22-40)47(66-56)38-61-34-39-19-7-1-8-20-39/h1-30,45-53,56,58H,31-38H2/t45-,46-,47+,48+,49+,50+,51+,52-,53+,56-/m0/s1. The van der Waals surface area contributed by atoms with Crippen LogP contribution in [-0.4, -0.2) is 103 Å². The third-order valence-corrected chi connectivity index (χ3v) is 12.6. The molecular formula is C56H57NO11. The van der Waals surface area contributed by atoms with Crippen LogP contribution in [0.15, 0.2) is 182 Å². The fraction of sp³-hybridized carbons (Fsp3) is 0.321. The number of esters is 2. The maximum Gasteiger partial charge on any atom is 0.338 e. The maximum atomic E-state index is 14.1. The molecule has 352 valence electrons. The molecule has 0 spiro atoms. The topological polar surface area (TPSA) is 131 Å². The average Bonchev–Trinajstić information content (AvgIpc) is 3.76. The van der Waals surface area contributed by atoms with E-state index >= 15 is 0 Å². The van der Waals surface area contributed by atoms with Crippen molar-refractivity contribution < 1.29 is 52.6 Å². The van der Waals surface area contributed by atoms with Gasteiger partial charge in [0.15, 0.2) is 18.5 Å². The van der Waals surface area contributed by atoms with E-state index in [1.807, 2.05) is 138 Å². The summed E-state index contributed by atoms with van der Waals surface area (Å²) in [6, 6.07) is 56.0. The van der Waals surface area contributed by atoms with Crippen molar-refractivity contribution in [2.24, 2.45) is 0 Å². The molecular weight excluding hydrogens is 863 g/mol. The fourth-order valence-corrected chi connectivity index (χ4v) is 9.20. The van der Waals surface area contributed by atoms with E-state index in [0.717, 1.165) is 22.3 Å². The van der Waals surface area contributed by atoms with Gasteiger partial charge in [0, 0.05) is 13.1 Å². The van der Waals surface area contributed by atoms with Crippen molar-refractivity contribution in [3.8, 4) is 0 Å². The van der Waals surface area contributed by atoms with E-state index in [1.165, 1.54) is 0 Å². The Bertz CT molecular complexity index is 2450. The molecule has 0 unspecified atom stereocenters. The number of hydrogen-bond acceptors (Lipinski definition) is 12.